The third-order valence-corrected chi connectivity index (χ3v) is 2.94. The Morgan fingerprint density at radius 2 is 1.84 bits per heavy atom. The number of hydrazone groups is 1. The maximum absolute atomic E-state index is 12.0. The smallest absolute Gasteiger partial charge is 0.329 e. The molecule has 0 saturated carbocycles. The van der Waals surface area contributed by atoms with Crippen molar-refractivity contribution < 1.29 is 23.9 Å². The molecule has 0 aliphatic carbocycles. The monoisotopic (exact) mass is 350 g/mol. The number of rotatable bonds is 8. The summed E-state index contributed by atoms with van der Waals surface area (Å²) in [6.45, 7) is 2.07. The molecule has 0 fully saturated rings. The molecule has 136 valence electrons. The predicted molar refractivity (Wildman–Crippen MR) is 92.4 cm³/mol. The minimum Gasteiger partial charge on any atom is -0.495 e. The third-order valence-electron chi connectivity index (χ3n) is 2.94. The van der Waals surface area contributed by atoms with Gasteiger partial charge >= 0.3 is 11.8 Å². The van der Waals surface area contributed by atoms with Gasteiger partial charge in [-0.3, -0.25) is 14.4 Å². The molecule has 1 rings (SSSR count). The van der Waals surface area contributed by atoms with Crippen molar-refractivity contribution in [2.75, 3.05) is 32.7 Å². The van der Waals surface area contributed by atoms with Crippen molar-refractivity contribution in [1.82, 2.24) is 10.7 Å². The zero-order chi connectivity index (χ0) is 18.7. The second-order valence-corrected chi connectivity index (χ2v) is 4.96. The normalized spacial score (nSPS) is 10.8. The standard InChI is InChI=1S/C16H22N4O5/c1-11(19-20-16(23)15(22)17-8-9-24-2)10-14(21)18-12-6-4-5-7-13(12)25-3/h4-7H,8-10H2,1-3H3,(H,17,22)(H,18,21)(H,20,23)/b19-11+. The highest BCUT2D eigenvalue weighted by molar-refractivity contribution is 6.35. The fraction of sp³-hybridized carbons (Fsp3) is 0.375. The summed E-state index contributed by atoms with van der Waals surface area (Å²) in [4.78, 5) is 34.9. The number of benzene rings is 1. The van der Waals surface area contributed by atoms with Crippen molar-refractivity contribution in [3.8, 4) is 5.75 Å². The number of nitrogens with zero attached hydrogens (tertiary/aromatic N) is 1. The van der Waals surface area contributed by atoms with Gasteiger partial charge in [0.15, 0.2) is 0 Å². The lowest BCUT2D eigenvalue weighted by Crippen LogP contribution is -2.39. The molecule has 3 N–H and O–H groups in total. The van der Waals surface area contributed by atoms with E-state index in [1.807, 2.05) is 0 Å². The molecule has 3 amide bonds. The molecule has 0 bridgehead atoms. The highest BCUT2D eigenvalue weighted by atomic mass is 16.5. The average molecular weight is 350 g/mol. The largest absolute Gasteiger partial charge is 0.495 e. The first kappa shape index (κ1) is 20.1. The first-order chi connectivity index (χ1) is 12.0. The number of nitrogens with one attached hydrogen (secondary N) is 3. The summed E-state index contributed by atoms with van der Waals surface area (Å²) in [6.07, 6.45) is -0.0520. The summed E-state index contributed by atoms with van der Waals surface area (Å²) in [6, 6.07) is 6.98. The molecule has 1 aromatic carbocycles. The molecule has 0 atom stereocenters. The van der Waals surface area contributed by atoms with Crippen LogP contribution in [-0.2, 0) is 19.1 Å². The number of amides is 3. The molecule has 0 unspecified atom stereocenters. The molecule has 0 heterocycles. The molecule has 1 aromatic rings. The molecule has 0 aliphatic rings. The van der Waals surface area contributed by atoms with Gasteiger partial charge in [0.2, 0.25) is 5.91 Å². The third kappa shape index (κ3) is 7.44. The Bertz CT molecular complexity index is 645. The summed E-state index contributed by atoms with van der Waals surface area (Å²) >= 11 is 0. The van der Waals surface area contributed by atoms with Crippen molar-refractivity contribution in [3.05, 3.63) is 24.3 Å². The van der Waals surface area contributed by atoms with E-state index >= 15 is 0 Å². The van der Waals surface area contributed by atoms with Gasteiger partial charge in [-0.25, -0.2) is 5.43 Å². The molecule has 9 nitrogen and oxygen atoms in total. The molecular formula is C16H22N4O5. The molecule has 0 aromatic heterocycles. The number of carbonyl (C=O) groups is 3. The van der Waals surface area contributed by atoms with Gasteiger partial charge in [0.25, 0.3) is 0 Å². The summed E-state index contributed by atoms with van der Waals surface area (Å²) in [5, 5.41) is 8.77. The second-order valence-electron chi connectivity index (χ2n) is 4.96. The Labute approximate surface area is 145 Å². The Morgan fingerprint density at radius 1 is 1.12 bits per heavy atom. The van der Waals surface area contributed by atoms with Crippen molar-refractivity contribution in [1.29, 1.82) is 0 Å². The number of ether oxygens (including phenoxy) is 2. The molecule has 25 heavy (non-hydrogen) atoms. The van der Waals surface area contributed by atoms with Gasteiger partial charge in [-0.1, -0.05) is 12.1 Å². The SMILES string of the molecule is COCCNC(=O)C(=O)N/N=C(\C)CC(=O)Nc1ccccc1OC. The van der Waals surface area contributed by atoms with Gasteiger partial charge in [-0.15, -0.1) is 0 Å². The van der Waals surface area contributed by atoms with Crippen molar-refractivity contribution in [3.63, 3.8) is 0 Å². The van der Waals surface area contributed by atoms with Crippen LogP contribution in [0, 0.1) is 0 Å². The Morgan fingerprint density at radius 3 is 2.52 bits per heavy atom. The topological polar surface area (TPSA) is 118 Å². The fourth-order valence-electron chi connectivity index (χ4n) is 1.76. The number of para-hydroxylation sites is 2. The highest BCUT2D eigenvalue weighted by Gasteiger charge is 2.13. The Hall–Kier alpha value is -2.94. The second kappa shape index (κ2) is 10.8. The van der Waals surface area contributed by atoms with Crippen LogP contribution in [0.3, 0.4) is 0 Å². The molecule has 9 heteroatoms. The van der Waals surface area contributed by atoms with Crippen LogP contribution in [0.25, 0.3) is 0 Å². The van der Waals surface area contributed by atoms with Crippen LogP contribution in [0.5, 0.6) is 5.75 Å². The summed E-state index contributed by atoms with van der Waals surface area (Å²) in [5.74, 6) is -1.54. The summed E-state index contributed by atoms with van der Waals surface area (Å²) in [5.41, 5.74) is 2.96. The van der Waals surface area contributed by atoms with E-state index < -0.39 is 11.8 Å². The lowest BCUT2D eigenvalue weighted by Gasteiger charge is -2.09. The van der Waals surface area contributed by atoms with Gasteiger partial charge in [-0.2, -0.15) is 5.10 Å². The molecule has 0 radical (unpaired) electrons. The van der Waals surface area contributed by atoms with Crippen LogP contribution < -0.4 is 20.8 Å². The van der Waals surface area contributed by atoms with Crippen molar-refractivity contribution >= 4 is 29.1 Å². The zero-order valence-corrected chi connectivity index (χ0v) is 14.4. The molecule has 0 saturated heterocycles. The van der Waals surface area contributed by atoms with Crippen LogP contribution in [0.2, 0.25) is 0 Å². The summed E-state index contributed by atoms with van der Waals surface area (Å²) in [7, 11) is 2.99. The lowest BCUT2D eigenvalue weighted by molar-refractivity contribution is -0.139. The first-order valence-corrected chi connectivity index (χ1v) is 7.51. The Kier molecular flexibility index (Phi) is 8.66. The number of anilines is 1. The van der Waals surface area contributed by atoms with Crippen LogP contribution in [-0.4, -0.2) is 50.8 Å². The van der Waals surface area contributed by atoms with E-state index in [0.717, 1.165) is 0 Å². The maximum Gasteiger partial charge on any atom is 0.329 e. The molecule has 0 aliphatic heterocycles. The first-order valence-electron chi connectivity index (χ1n) is 7.51. The fourth-order valence-corrected chi connectivity index (χ4v) is 1.76. The van der Waals surface area contributed by atoms with Crippen LogP contribution in [0.15, 0.2) is 29.4 Å². The predicted octanol–water partition coefficient (Wildman–Crippen LogP) is 0.279. The van der Waals surface area contributed by atoms with Gasteiger partial charge in [0.1, 0.15) is 5.75 Å². The van der Waals surface area contributed by atoms with Crippen LogP contribution in [0.1, 0.15) is 13.3 Å². The van der Waals surface area contributed by atoms with Gasteiger partial charge in [0.05, 0.1) is 25.8 Å². The number of hydrogen-bond donors (Lipinski definition) is 3. The van der Waals surface area contributed by atoms with Gasteiger partial charge < -0.3 is 20.1 Å². The van der Waals surface area contributed by atoms with Crippen LogP contribution in [0.4, 0.5) is 5.69 Å². The summed E-state index contributed by atoms with van der Waals surface area (Å²) < 4.78 is 9.89. The zero-order valence-electron chi connectivity index (χ0n) is 14.4. The number of carbonyl (C=O) groups excluding carboxylic acids is 3. The van der Waals surface area contributed by atoms with E-state index in [1.54, 1.807) is 31.2 Å². The minimum atomic E-state index is -0.916. The number of methoxy groups -OCH3 is 2. The number of hydrogen-bond acceptors (Lipinski definition) is 6. The average Bonchev–Trinajstić information content (AvgIpc) is 2.60. The Balaban J connectivity index is 2.47. The van der Waals surface area contributed by atoms with Gasteiger partial charge in [-0.05, 0) is 19.1 Å². The lowest BCUT2D eigenvalue weighted by atomic mass is 10.2. The molecule has 0 spiro atoms. The van der Waals surface area contributed by atoms with E-state index in [2.05, 4.69) is 21.2 Å². The van der Waals surface area contributed by atoms with E-state index in [0.29, 0.717) is 23.8 Å². The van der Waals surface area contributed by atoms with Crippen molar-refractivity contribution in [2.24, 2.45) is 5.10 Å². The van der Waals surface area contributed by atoms with E-state index in [1.165, 1.54) is 14.2 Å². The van der Waals surface area contributed by atoms with E-state index in [4.69, 9.17) is 9.47 Å². The van der Waals surface area contributed by atoms with Crippen LogP contribution >= 0.6 is 0 Å². The van der Waals surface area contributed by atoms with Gasteiger partial charge in [0, 0.05) is 19.4 Å². The van der Waals surface area contributed by atoms with Crippen molar-refractivity contribution in [2.45, 2.75) is 13.3 Å². The van der Waals surface area contributed by atoms with E-state index in [-0.39, 0.29) is 18.9 Å². The van der Waals surface area contributed by atoms with E-state index in [9.17, 15) is 14.4 Å². The maximum atomic E-state index is 12.0. The highest BCUT2D eigenvalue weighted by Crippen LogP contribution is 2.22. The molecular weight excluding hydrogens is 328 g/mol. The quantitative estimate of drug-likeness (QED) is 0.269. The minimum absolute atomic E-state index is 0.0520.